The zero-order valence-corrected chi connectivity index (χ0v) is 12.0. The Balaban J connectivity index is -0.0000000300. The first-order valence-electron chi connectivity index (χ1n) is 3.41. The van der Waals surface area contributed by atoms with Crippen molar-refractivity contribution in [1.82, 2.24) is 0 Å². The van der Waals surface area contributed by atoms with Crippen LogP contribution in [-0.2, 0) is 0 Å². The summed E-state index contributed by atoms with van der Waals surface area (Å²) in [7, 11) is 0. The molecule has 0 amide bonds. The molecule has 0 saturated heterocycles. The third kappa shape index (κ3) is 34.3. The maximum atomic E-state index is 2.25. The van der Waals surface area contributed by atoms with Crippen molar-refractivity contribution in [3.05, 3.63) is 0 Å². The van der Waals surface area contributed by atoms with Crippen LogP contribution in [0.2, 0.25) is 0 Å². The van der Waals surface area contributed by atoms with Crippen molar-refractivity contribution < 1.29 is 50.9 Å². The minimum absolute atomic E-state index is 0. The molecule has 0 radical (unpaired) electrons. The van der Waals surface area contributed by atoms with E-state index in [1.807, 2.05) is 0 Å². The first-order chi connectivity index (χ1) is 3.41. The fraction of sp³-hybridized carbons (Fsp3) is 1.00. The van der Waals surface area contributed by atoms with Gasteiger partial charge in [0.2, 0.25) is 0 Å². The average Bonchev–Trinajstić information content (AvgIpc) is 1.69. The third-order valence-corrected chi connectivity index (χ3v) is 1.21. The summed E-state index contributed by atoms with van der Waals surface area (Å²) in [5, 5.41) is 0. The molecule has 0 nitrogen and oxygen atoms in total. The standard InChI is InChI=1S/C7H16.B.3BrH/c1-3-5-7-6-4-2;;;;/h3-7H2,1-2H3;;3*1H/q;+3;;;/p-3. The summed E-state index contributed by atoms with van der Waals surface area (Å²) in [4.78, 5) is 0. The second kappa shape index (κ2) is 30.0. The second-order valence-corrected chi connectivity index (χ2v) is 2.06. The number of hydrogen-bond donors (Lipinski definition) is 0. The summed E-state index contributed by atoms with van der Waals surface area (Å²) in [5.41, 5.74) is 0. The van der Waals surface area contributed by atoms with Gasteiger partial charge in [0.1, 0.15) is 0 Å². The van der Waals surface area contributed by atoms with Crippen LogP contribution in [0.1, 0.15) is 46.0 Å². The van der Waals surface area contributed by atoms with Crippen molar-refractivity contribution >= 4 is 8.41 Å². The van der Waals surface area contributed by atoms with Crippen molar-refractivity contribution in [3.8, 4) is 0 Å². The third-order valence-electron chi connectivity index (χ3n) is 1.21. The maximum Gasteiger partial charge on any atom is 3.00 e. The predicted molar refractivity (Wildman–Crippen MR) is 40.2 cm³/mol. The topological polar surface area (TPSA) is 0 Å². The molecule has 0 fully saturated rings. The van der Waals surface area contributed by atoms with Crippen molar-refractivity contribution in [2.24, 2.45) is 0 Å². The zero-order valence-electron chi connectivity index (χ0n) is 7.25. The van der Waals surface area contributed by atoms with Gasteiger partial charge in [0.15, 0.2) is 0 Å². The van der Waals surface area contributed by atoms with Crippen LogP contribution in [0, 0.1) is 0 Å². The summed E-state index contributed by atoms with van der Waals surface area (Å²) in [6, 6.07) is 0. The molecule has 11 heavy (non-hydrogen) atoms. The quantitative estimate of drug-likeness (QED) is 0.350. The van der Waals surface area contributed by atoms with Gasteiger partial charge in [-0.3, -0.25) is 0 Å². The van der Waals surface area contributed by atoms with Gasteiger partial charge in [0.25, 0.3) is 0 Å². The van der Waals surface area contributed by atoms with E-state index in [1.165, 1.54) is 32.1 Å². The molecular weight excluding hydrogens is 335 g/mol. The van der Waals surface area contributed by atoms with E-state index in [4.69, 9.17) is 0 Å². The molecule has 0 saturated carbocycles. The molecule has 0 bridgehead atoms. The molecule has 0 aliphatic rings. The zero-order chi connectivity index (χ0) is 5.54. The van der Waals surface area contributed by atoms with E-state index in [2.05, 4.69) is 13.8 Å². The van der Waals surface area contributed by atoms with Crippen LogP contribution in [0.3, 0.4) is 0 Å². The summed E-state index contributed by atoms with van der Waals surface area (Å²) in [5.74, 6) is 0. The molecule has 0 aromatic carbocycles. The van der Waals surface area contributed by atoms with Crippen LogP contribution in [0.15, 0.2) is 0 Å². The van der Waals surface area contributed by atoms with Crippen LogP contribution in [0.25, 0.3) is 0 Å². The van der Waals surface area contributed by atoms with Gasteiger partial charge in [-0.2, -0.15) is 0 Å². The molecule has 0 heterocycles. The SMILES string of the molecule is CCCCCCC.[B+3].[Br-].[Br-].[Br-]. The fourth-order valence-electron chi connectivity index (χ4n) is 0.677. The van der Waals surface area contributed by atoms with Gasteiger partial charge in [-0.05, 0) is 0 Å². The summed E-state index contributed by atoms with van der Waals surface area (Å²) >= 11 is 0. The van der Waals surface area contributed by atoms with Crippen molar-refractivity contribution in [1.29, 1.82) is 0 Å². The van der Waals surface area contributed by atoms with E-state index < -0.39 is 0 Å². The predicted octanol–water partition coefficient (Wildman–Crippen LogP) is -6.39. The Morgan fingerprint density at radius 2 is 0.909 bits per heavy atom. The van der Waals surface area contributed by atoms with Crippen LogP contribution >= 0.6 is 0 Å². The molecule has 0 rings (SSSR count). The second-order valence-electron chi connectivity index (χ2n) is 2.06. The van der Waals surface area contributed by atoms with Crippen LogP contribution in [0.5, 0.6) is 0 Å². The molecular formula is C7H16BBr3. The Morgan fingerprint density at radius 3 is 1.09 bits per heavy atom. The summed E-state index contributed by atoms with van der Waals surface area (Å²) < 4.78 is 0. The van der Waals surface area contributed by atoms with Crippen molar-refractivity contribution in [2.75, 3.05) is 0 Å². The molecule has 0 atom stereocenters. The van der Waals surface area contributed by atoms with Gasteiger partial charge in [0.05, 0.1) is 0 Å². The Kier molecular flexibility index (Phi) is 80.2. The largest absolute Gasteiger partial charge is 3.00 e. The van der Waals surface area contributed by atoms with Gasteiger partial charge in [0, 0.05) is 0 Å². The first kappa shape index (κ1) is 29.4. The van der Waals surface area contributed by atoms with Crippen LogP contribution in [-0.4, -0.2) is 8.41 Å². The van der Waals surface area contributed by atoms with Gasteiger partial charge in [-0.1, -0.05) is 46.0 Å². The Labute approximate surface area is 105 Å². The molecule has 0 aliphatic heterocycles. The van der Waals surface area contributed by atoms with Gasteiger partial charge >= 0.3 is 8.41 Å². The van der Waals surface area contributed by atoms with Gasteiger partial charge in [-0.15, -0.1) is 0 Å². The maximum absolute atomic E-state index is 2.25. The Morgan fingerprint density at radius 1 is 0.636 bits per heavy atom. The molecule has 0 aromatic rings. The molecule has 68 valence electrons. The molecule has 0 aliphatic carbocycles. The Hall–Kier alpha value is 1.50. The fourth-order valence-corrected chi connectivity index (χ4v) is 0.677. The van der Waals surface area contributed by atoms with E-state index in [1.54, 1.807) is 0 Å². The molecule has 0 aromatic heterocycles. The van der Waals surface area contributed by atoms with Crippen LogP contribution < -0.4 is 50.9 Å². The number of hydrogen-bond acceptors (Lipinski definition) is 0. The van der Waals surface area contributed by atoms with E-state index in [9.17, 15) is 0 Å². The van der Waals surface area contributed by atoms with Gasteiger partial charge < -0.3 is 50.9 Å². The minimum Gasteiger partial charge on any atom is -1.00 e. The first-order valence-corrected chi connectivity index (χ1v) is 3.41. The van der Waals surface area contributed by atoms with E-state index in [0.29, 0.717) is 0 Å². The average molecular weight is 351 g/mol. The van der Waals surface area contributed by atoms with Crippen LogP contribution in [0.4, 0.5) is 0 Å². The smallest absolute Gasteiger partial charge is 1.00 e. The monoisotopic (exact) mass is 348 g/mol. The number of unbranched alkanes of at least 4 members (excludes halogenated alkanes) is 4. The Bertz CT molecular complexity index is 32.9. The number of rotatable bonds is 4. The van der Waals surface area contributed by atoms with Crippen molar-refractivity contribution in [2.45, 2.75) is 46.0 Å². The summed E-state index contributed by atoms with van der Waals surface area (Å²) in [6.07, 6.45) is 7.01. The van der Waals surface area contributed by atoms with Crippen molar-refractivity contribution in [3.63, 3.8) is 0 Å². The molecule has 0 N–H and O–H groups in total. The van der Waals surface area contributed by atoms with Gasteiger partial charge in [-0.25, -0.2) is 0 Å². The summed E-state index contributed by atoms with van der Waals surface area (Å²) in [6.45, 7) is 4.49. The van der Waals surface area contributed by atoms with E-state index >= 15 is 0 Å². The molecule has 0 unspecified atom stereocenters. The van der Waals surface area contributed by atoms with E-state index in [0.717, 1.165) is 0 Å². The number of halogens is 3. The molecule has 4 heteroatoms. The van der Waals surface area contributed by atoms with E-state index in [-0.39, 0.29) is 59.4 Å². The normalized spacial score (nSPS) is 6.00. The molecule has 0 spiro atoms. The minimum atomic E-state index is 0.